The summed E-state index contributed by atoms with van der Waals surface area (Å²) in [5.41, 5.74) is 0.587. The molecule has 3 rings (SSSR count). The van der Waals surface area contributed by atoms with Gasteiger partial charge in [0.25, 0.3) is 5.56 Å². The molecule has 0 saturated carbocycles. The van der Waals surface area contributed by atoms with Gasteiger partial charge < -0.3 is 9.30 Å². The van der Waals surface area contributed by atoms with Gasteiger partial charge in [-0.05, 0) is 43.3 Å². The van der Waals surface area contributed by atoms with E-state index >= 15 is 0 Å². The average molecular weight is 455 g/mol. The van der Waals surface area contributed by atoms with Gasteiger partial charge in [-0.2, -0.15) is 0 Å². The van der Waals surface area contributed by atoms with Crippen LogP contribution >= 0.6 is 11.6 Å². The highest BCUT2D eigenvalue weighted by atomic mass is 35.5. The molecule has 0 saturated heterocycles. The molecule has 0 spiro atoms. The van der Waals surface area contributed by atoms with Gasteiger partial charge in [-0.25, -0.2) is 17.2 Å². The number of aryl methyl sites for hydroxylation is 1. The quantitative estimate of drug-likeness (QED) is 0.593. The van der Waals surface area contributed by atoms with E-state index in [2.05, 4.69) is 4.72 Å². The van der Waals surface area contributed by atoms with Gasteiger partial charge in [0.05, 0.1) is 5.75 Å². The maximum Gasteiger partial charge on any atom is 0.269 e. The molecule has 0 aliphatic rings. The Balaban J connectivity index is 2.15. The first kappa shape index (κ1) is 21.8. The van der Waals surface area contributed by atoms with Crippen molar-refractivity contribution < 1.29 is 21.9 Å². The lowest BCUT2D eigenvalue weighted by Gasteiger charge is -2.15. The molecular weight excluding hydrogens is 438 g/mol. The number of halogens is 3. The third-order valence-electron chi connectivity index (χ3n) is 4.20. The zero-order valence-electron chi connectivity index (χ0n) is 15.9. The van der Waals surface area contributed by atoms with E-state index in [4.69, 9.17) is 16.3 Å². The molecule has 158 valence electrons. The normalized spacial score (nSPS) is 11.4. The number of nitrogens with one attached hydrogen (secondary N) is 1. The lowest BCUT2D eigenvalue weighted by atomic mass is 10.1. The van der Waals surface area contributed by atoms with Crippen LogP contribution in [0.4, 0.5) is 14.5 Å². The first-order chi connectivity index (χ1) is 14.1. The zero-order valence-corrected chi connectivity index (χ0v) is 17.5. The molecular formula is C20H17ClF2N2O4S. The predicted molar refractivity (Wildman–Crippen MR) is 112 cm³/mol. The monoisotopic (exact) mass is 454 g/mol. The van der Waals surface area contributed by atoms with Gasteiger partial charge in [0, 0.05) is 36.1 Å². The van der Waals surface area contributed by atoms with Crippen molar-refractivity contribution in [3.8, 4) is 22.6 Å². The largest absolute Gasteiger partial charge is 0.454 e. The maximum absolute atomic E-state index is 14.1. The van der Waals surface area contributed by atoms with Crippen LogP contribution in [0.15, 0.2) is 53.5 Å². The molecule has 30 heavy (non-hydrogen) atoms. The second kappa shape index (κ2) is 8.45. The summed E-state index contributed by atoms with van der Waals surface area (Å²) in [5, 5.41) is -0.0616. The number of hydrogen-bond acceptors (Lipinski definition) is 4. The van der Waals surface area contributed by atoms with Crippen LogP contribution in [0.2, 0.25) is 5.02 Å². The standard InChI is InChI=1S/C20H17ClF2N2O4S/c1-3-30(27,28)24-14-5-7-18(29-19-6-4-13(22)9-17(19)23)15(10-14)12-8-16(21)20(26)25(2)11-12/h4-11,24H,3H2,1-2H3. The Morgan fingerprint density at radius 3 is 2.43 bits per heavy atom. The van der Waals surface area contributed by atoms with Crippen LogP contribution in [0.3, 0.4) is 0 Å². The third-order valence-corrected chi connectivity index (χ3v) is 5.77. The molecule has 10 heteroatoms. The van der Waals surface area contributed by atoms with Crippen molar-refractivity contribution in [1.29, 1.82) is 0 Å². The molecule has 0 aliphatic carbocycles. The summed E-state index contributed by atoms with van der Waals surface area (Å²) in [6.07, 6.45) is 1.48. The minimum absolute atomic E-state index is 0.0616. The van der Waals surface area contributed by atoms with E-state index in [1.165, 1.54) is 49.0 Å². The number of hydrogen-bond donors (Lipinski definition) is 1. The highest BCUT2D eigenvalue weighted by Crippen LogP contribution is 2.37. The van der Waals surface area contributed by atoms with Gasteiger partial charge in [0.1, 0.15) is 16.6 Å². The molecule has 0 bridgehead atoms. The minimum Gasteiger partial charge on any atom is -0.454 e. The summed E-state index contributed by atoms with van der Waals surface area (Å²) in [4.78, 5) is 11.9. The molecule has 0 amide bonds. The number of ether oxygens (including phenoxy) is 1. The van der Waals surface area contributed by atoms with Crippen LogP contribution in [-0.4, -0.2) is 18.7 Å². The molecule has 0 aliphatic heterocycles. The first-order valence-corrected chi connectivity index (χ1v) is 10.8. The van der Waals surface area contributed by atoms with Crippen molar-refractivity contribution in [3.63, 3.8) is 0 Å². The molecule has 1 aromatic heterocycles. The van der Waals surface area contributed by atoms with Gasteiger partial charge in [-0.15, -0.1) is 0 Å². The Labute approximate surface area is 176 Å². The van der Waals surface area contributed by atoms with E-state index < -0.39 is 27.2 Å². The topological polar surface area (TPSA) is 77.4 Å². The molecule has 0 radical (unpaired) electrons. The lowest BCUT2D eigenvalue weighted by Crippen LogP contribution is -2.16. The van der Waals surface area contributed by atoms with Crippen molar-refractivity contribution in [2.24, 2.45) is 7.05 Å². The van der Waals surface area contributed by atoms with Gasteiger partial charge in [0.2, 0.25) is 10.0 Å². The summed E-state index contributed by atoms with van der Waals surface area (Å²) in [6, 6.07) is 8.61. The smallest absolute Gasteiger partial charge is 0.269 e. The number of sulfonamides is 1. The first-order valence-electron chi connectivity index (χ1n) is 8.73. The van der Waals surface area contributed by atoms with E-state index in [0.29, 0.717) is 17.2 Å². The highest BCUT2D eigenvalue weighted by Gasteiger charge is 2.16. The Bertz CT molecular complexity index is 1250. The molecule has 3 aromatic rings. The van der Waals surface area contributed by atoms with Gasteiger partial charge >= 0.3 is 0 Å². The van der Waals surface area contributed by atoms with Crippen LogP contribution in [-0.2, 0) is 17.1 Å². The van der Waals surface area contributed by atoms with Gasteiger partial charge in [-0.1, -0.05) is 11.6 Å². The number of pyridine rings is 1. The Morgan fingerprint density at radius 1 is 1.10 bits per heavy atom. The van der Waals surface area contributed by atoms with E-state index in [-0.39, 0.29) is 28.0 Å². The van der Waals surface area contributed by atoms with Crippen LogP contribution in [0.5, 0.6) is 11.5 Å². The lowest BCUT2D eigenvalue weighted by molar-refractivity contribution is 0.439. The molecule has 1 heterocycles. The van der Waals surface area contributed by atoms with E-state index in [1.54, 1.807) is 0 Å². The van der Waals surface area contributed by atoms with Crippen LogP contribution < -0.4 is 15.0 Å². The van der Waals surface area contributed by atoms with Gasteiger partial charge in [-0.3, -0.25) is 9.52 Å². The molecule has 1 N–H and O–H groups in total. The van der Waals surface area contributed by atoms with E-state index in [9.17, 15) is 22.0 Å². The van der Waals surface area contributed by atoms with Crippen molar-refractivity contribution in [2.45, 2.75) is 6.92 Å². The fraction of sp³-hybridized carbons (Fsp3) is 0.150. The van der Waals surface area contributed by atoms with Crippen molar-refractivity contribution in [3.05, 3.63) is 75.7 Å². The zero-order chi connectivity index (χ0) is 22.1. The molecule has 6 nitrogen and oxygen atoms in total. The van der Waals surface area contributed by atoms with Crippen molar-refractivity contribution >= 4 is 27.3 Å². The molecule has 0 fully saturated rings. The van der Waals surface area contributed by atoms with Crippen molar-refractivity contribution in [1.82, 2.24) is 4.57 Å². The van der Waals surface area contributed by atoms with E-state index in [1.807, 2.05) is 0 Å². The fourth-order valence-electron chi connectivity index (χ4n) is 2.65. The van der Waals surface area contributed by atoms with Crippen LogP contribution in [0, 0.1) is 11.6 Å². The van der Waals surface area contributed by atoms with E-state index in [0.717, 1.165) is 12.1 Å². The third kappa shape index (κ3) is 4.80. The summed E-state index contributed by atoms with van der Waals surface area (Å²) in [6.45, 7) is 1.49. The fourth-order valence-corrected chi connectivity index (χ4v) is 3.54. The van der Waals surface area contributed by atoms with Crippen molar-refractivity contribution in [2.75, 3.05) is 10.5 Å². The van der Waals surface area contributed by atoms with Crippen LogP contribution in [0.1, 0.15) is 6.92 Å². The number of benzene rings is 2. The molecule has 0 atom stereocenters. The minimum atomic E-state index is -3.55. The Hall–Kier alpha value is -2.91. The molecule has 0 unspecified atom stereocenters. The second-order valence-electron chi connectivity index (χ2n) is 6.39. The average Bonchev–Trinajstić information content (AvgIpc) is 2.68. The second-order valence-corrected chi connectivity index (χ2v) is 8.80. The number of rotatable bonds is 6. The molecule has 2 aromatic carbocycles. The predicted octanol–water partition coefficient (Wildman–Crippen LogP) is 4.54. The van der Waals surface area contributed by atoms with Gasteiger partial charge in [0.15, 0.2) is 11.6 Å². The SMILES string of the molecule is CCS(=O)(=O)Nc1ccc(Oc2ccc(F)cc2F)c(-c2cc(Cl)c(=O)n(C)c2)c1. The summed E-state index contributed by atoms with van der Waals surface area (Å²) < 4.78 is 60.4. The number of aromatic nitrogens is 1. The summed E-state index contributed by atoms with van der Waals surface area (Å²) in [5.74, 6) is -1.87. The number of anilines is 1. The van der Waals surface area contributed by atoms with Crippen LogP contribution in [0.25, 0.3) is 11.1 Å². The Morgan fingerprint density at radius 2 is 1.80 bits per heavy atom. The maximum atomic E-state index is 14.1. The summed E-state index contributed by atoms with van der Waals surface area (Å²) >= 11 is 6.01. The summed E-state index contributed by atoms with van der Waals surface area (Å²) in [7, 11) is -2.05. The highest BCUT2D eigenvalue weighted by molar-refractivity contribution is 7.92. The number of nitrogens with zero attached hydrogens (tertiary/aromatic N) is 1. The Kier molecular flexibility index (Phi) is 6.14.